The van der Waals surface area contributed by atoms with Crippen molar-refractivity contribution in [1.29, 1.82) is 0 Å². The summed E-state index contributed by atoms with van der Waals surface area (Å²) in [6, 6.07) is 20.9. The zero-order chi connectivity index (χ0) is 24.0. The summed E-state index contributed by atoms with van der Waals surface area (Å²) in [7, 11) is 0. The molecule has 172 valence electrons. The van der Waals surface area contributed by atoms with Crippen LogP contribution in [-0.2, 0) is 20.8 Å². The summed E-state index contributed by atoms with van der Waals surface area (Å²) in [4.78, 5) is 41.3. The number of carboxylic acid groups (broad SMARTS) is 1. The second kappa shape index (κ2) is 8.18. The summed E-state index contributed by atoms with van der Waals surface area (Å²) in [5, 5.41) is 13.7. The number of nitrogens with one attached hydrogen (secondary N) is 1. The highest BCUT2D eigenvalue weighted by Crippen LogP contribution is 2.50. The van der Waals surface area contributed by atoms with Crippen LogP contribution < -0.4 is 10.2 Å². The number of carbonyl (C=O) groups excluding carboxylic acids is 2. The molecule has 34 heavy (non-hydrogen) atoms. The number of hydrogen-bond donors (Lipinski definition) is 2. The Morgan fingerprint density at radius 1 is 0.971 bits per heavy atom. The number of amides is 2. The van der Waals surface area contributed by atoms with Crippen LogP contribution in [0.5, 0.6) is 0 Å². The molecule has 3 aromatic rings. The molecule has 2 aliphatic rings. The Morgan fingerprint density at radius 3 is 2.24 bits per heavy atom. The summed E-state index contributed by atoms with van der Waals surface area (Å²) in [6.07, 6.45) is 0.0307. The van der Waals surface area contributed by atoms with Gasteiger partial charge in [-0.15, -0.1) is 0 Å². The molecule has 0 bridgehead atoms. The van der Waals surface area contributed by atoms with Crippen LogP contribution in [0.1, 0.15) is 22.7 Å². The van der Waals surface area contributed by atoms with Crippen molar-refractivity contribution in [2.24, 2.45) is 11.8 Å². The summed E-state index contributed by atoms with van der Waals surface area (Å²) >= 11 is 0. The second-order valence-electron chi connectivity index (χ2n) is 8.96. The highest BCUT2D eigenvalue weighted by molar-refractivity contribution is 6.24. The van der Waals surface area contributed by atoms with E-state index < -0.39 is 47.0 Å². The number of imide groups is 1. The van der Waals surface area contributed by atoms with Gasteiger partial charge in [0.2, 0.25) is 11.8 Å². The Labute approximate surface area is 196 Å². The minimum absolute atomic E-state index is 0.0307. The number of carboxylic acids is 1. The highest BCUT2D eigenvalue weighted by Gasteiger charge is 2.68. The molecule has 0 spiro atoms. The molecule has 2 saturated heterocycles. The maximum absolute atomic E-state index is 13.7. The second-order valence-corrected chi connectivity index (χ2v) is 8.96. The lowest BCUT2D eigenvalue weighted by molar-refractivity contribution is -0.148. The van der Waals surface area contributed by atoms with Crippen LogP contribution in [0.25, 0.3) is 0 Å². The van der Waals surface area contributed by atoms with E-state index >= 15 is 0 Å². The minimum atomic E-state index is -1.69. The number of halogens is 1. The predicted octanol–water partition coefficient (Wildman–Crippen LogP) is 3.65. The molecular weight excluding hydrogens is 435 g/mol. The maximum Gasteiger partial charge on any atom is 0.325 e. The van der Waals surface area contributed by atoms with Crippen LogP contribution in [0, 0.1) is 24.6 Å². The van der Waals surface area contributed by atoms with Gasteiger partial charge in [0.25, 0.3) is 0 Å². The summed E-state index contributed by atoms with van der Waals surface area (Å²) < 4.78 is 13.5. The third-order valence-corrected chi connectivity index (χ3v) is 6.88. The number of benzene rings is 3. The number of rotatable bonds is 5. The lowest BCUT2D eigenvalue weighted by Crippen LogP contribution is -2.57. The number of nitrogens with zero attached hydrogens (tertiary/aromatic N) is 1. The molecule has 2 fully saturated rings. The molecule has 0 aromatic heterocycles. The van der Waals surface area contributed by atoms with E-state index in [-0.39, 0.29) is 12.1 Å². The van der Waals surface area contributed by atoms with E-state index in [2.05, 4.69) is 5.32 Å². The molecule has 2 N–H and O–H groups in total. The van der Waals surface area contributed by atoms with E-state index in [4.69, 9.17) is 0 Å². The molecule has 0 unspecified atom stereocenters. The van der Waals surface area contributed by atoms with Gasteiger partial charge in [-0.3, -0.25) is 19.7 Å². The number of aryl methyl sites for hydroxylation is 1. The van der Waals surface area contributed by atoms with Gasteiger partial charge < -0.3 is 5.11 Å². The van der Waals surface area contributed by atoms with Gasteiger partial charge in [-0.25, -0.2) is 9.29 Å². The van der Waals surface area contributed by atoms with E-state index in [1.165, 1.54) is 24.3 Å². The van der Waals surface area contributed by atoms with Crippen LogP contribution in [0.3, 0.4) is 0 Å². The van der Waals surface area contributed by atoms with Crippen molar-refractivity contribution in [3.63, 3.8) is 0 Å². The van der Waals surface area contributed by atoms with Crippen LogP contribution in [0.2, 0.25) is 0 Å². The van der Waals surface area contributed by atoms with Gasteiger partial charge in [-0.1, -0.05) is 60.2 Å². The van der Waals surface area contributed by atoms with E-state index in [1.807, 2.05) is 37.3 Å². The van der Waals surface area contributed by atoms with Gasteiger partial charge in [-0.05, 0) is 42.3 Å². The standard InChI is InChI=1S/C27H23FN2O4/c1-16-7-9-18(10-8-16)23-21-22(25(32)30(24(21)31)20-13-11-19(28)12-14-20)27(29-23,26(33)34)15-17-5-3-2-4-6-17/h2-14,21-23,29H,15H2,1H3,(H,33,34)/t21-,22+,23-,27-/m0/s1. The third kappa shape index (κ3) is 3.40. The SMILES string of the molecule is Cc1ccc([C@@H]2N[C@](Cc3ccccc3)(C(=O)O)[C@H]3C(=O)N(c4ccc(F)cc4)C(=O)[C@H]23)cc1. The van der Waals surface area contributed by atoms with Crippen molar-refractivity contribution in [2.45, 2.75) is 24.9 Å². The maximum atomic E-state index is 13.7. The molecule has 0 radical (unpaired) electrons. The quantitative estimate of drug-likeness (QED) is 0.570. The zero-order valence-corrected chi connectivity index (χ0v) is 18.4. The van der Waals surface area contributed by atoms with Crippen molar-refractivity contribution in [2.75, 3.05) is 4.90 Å². The first kappa shape index (κ1) is 22.0. The summed E-state index contributed by atoms with van der Waals surface area (Å²) in [5.74, 6) is -4.82. The van der Waals surface area contributed by atoms with E-state index in [0.29, 0.717) is 0 Å². The van der Waals surface area contributed by atoms with Crippen LogP contribution in [0.4, 0.5) is 10.1 Å². The van der Waals surface area contributed by atoms with E-state index in [0.717, 1.165) is 21.6 Å². The van der Waals surface area contributed by atoms with Gasteiger partial charge in [-0.2, -0.15) is 0 Å². The van der Waals surface area contributed by atoms with Crippen molar-refractivity contribution >= 4 is 23.5 Å². The van der Waals surface area contributed by atoms with E-state index in [9.17, 15) is 23.9 Å². The molecule has 2 aliphatic heterocycles. The number of aliphatic carboxylic acids is 1. The van der Waals surface area contributed by atoms with E-state index in [1.54, 1.807) is 24.3 Å². The van der Waals surface area contributed by atoms with Gasteiger partial charge in [0.1, 0.15) is 11.4 Å². The van der Waals surface area contributed by atoms with Crippen molar-refractivity contribution < 1.29 is 23.9 Å². The summed E-state index contributed by atoms with van der Waals surface area (Å²) in [6.45, 7) is 1.94. The average Bonchev–Trinajstić information content (AvgIpc) is 3.30. The topological polar surface area (TPSA) is 86.7 Å². The Morgan fingerprint density at radius 2 is 1.62 bits per heavy atom. The van der Waals surface area contributed by atoms with Gasteiger partial charge in [0, 0.05) is 12.5 Å². The number of fused-ring (bicyclic) bond motifs is 1. The first-order valence-corrected chi connectivity index (χ1v) is 11.1. The molecule has 5 rings (SSSR count). The third-order valence-electron chi connectivity index (χ3n) is 6.88. The van der Waals surface area contributed by atoms with Gasteiger partial charge in [0.05, 0.1) is 17.5 Å². The molecule has 6 nitrogen and oxygen atoms in total. The van der Waals surface area contributed by atoms with Crippen molar-refractivity contribution in [3.8, 4) is 0 Å². The Bertz CT molecular complexity index is 1260. The fourth-order valence-corrected chi connectivity index (χ4v) is 5.26. The fraction of sp³-hybridized carbons (Fsp3) is 0.222. The summed E-state index contributed by atoms with van der Waals surface area (Å²) in [5.41, 5.74) is 1.03. The number of anilines is 1. The molecule has 0 saturated carbocycles. The highest BCUT2D eigenvalue weighted by atomic mass is 19.1. The van der Waals surface area contributed by atoms with Crippen molar-refractivity contribution in [1.82, 2.24) is 5.32 Å². The zero-order valence-electron chi connectivity index (χ0n) is 18.4. The Balaban J connectivity index is 1.65. The van der Waals surface area contributed by atoms with Crippen molar-refractivity contribution in [3.05, 3.63) is 101 Å². The molecular formula is C27H23FN2O4. The molecule has 7 heteroatoms. The minimum Gasteiger partial charge on any atom is -0.480 e. The Kier molecular flexibility index (Phi) is 5.29. The predicted molar refractivity (Wildman–Crippen MR) is 123 cm³/mol. The monoisotopic (exact) mass is 458 g/mol. The Hall–Kier alpha value is -3.84. The van der Waals surface area contributed by atoms with Crippen LogP contribution in [-0.4, -0.2) is 28.4 Å². The first-order chi connectivity index (χ1) is 16.3. The first-order valence-electron chi connectivity index (χ1n) is 11.1. The molecule has 4 atom stereocenters. The number of hydrogen-bond acceptors (Lipinski definition) is 4. The normalized spacial score (nSPS) is 26.1. The molecule has 2 amide bonds. The lowest BCUT2D eigenvalue weighted by atomic mass is 9.76. The lowest BCUT2D eigenvalue weighted by Gasteiger charge is -2.31. The van der Waals surface area contributed by atoms with Crippen LogP contribution >= 0.6 is 0 Å². The largest absolute Gasteiger partial charge is 0.480 e. The van der Waals surface area contributed by atoms with Gasteiger partial charge >= 0.3 is 5.97 Å². The average molecular weight is 458 g/mol. The smallest absolute Gasteiger partial charge is 0.325 e. The molecule has 2 heterocycles. The number of carbonyl (C=O) groups is 3. The molecule has 3 aromatic carbocycles. The van der Waals surface area contributed by atoms with Gasteiger partial charge in [0.15, 0.2) is 0 Å². The fourth-order valence-electron chi connectivity index (χ4n) is 5.26. The van der Waals surface area contributed by atoms with Crippen LogP contribution in [0.15, 0.2) is 78.9 Å². The molecule has 0 aliphatic carbocycles.